The van der Waals surface area contributed by atoms with Gasteiger partial charge >= 0.3 is 0 Å². The van der Waals surface area contributed by atoms with Crippen LogP contribution in [-0.4, -0.2) is 5.78 Å². The van der Waals surface area contributed by atoms with Gasteiger partial charge in [0.1, 0.15) is 11.6 Å². The smallest absolute Gasteiger partial charge is 0.137 e. The van der Waals surface area contributed by atoms with Gasteiger partial charge in [-0.3, -0.25) is 4.79 Å². The van der Waals surface area contributed by atoms with Crippen LogP contribution in [0.2, 0.25) is 0 Å². The lowest BCUT2D eigenvalue weighted by Crippen LogP contribution is -2.00. The summed E-state index contributed by atoms with van der Waals surface area (Å²) in [7, 11) is 0. The molecule has 86 valence electrons. The molecule has 0 radical (unpaired) electrons. The number of ketones is 1. The molecule has 0 N–H and O–H groups in total. The largest absolute Gasteiger partial charge is 0.299 e. The Morgan fingerprint density at radius 1 is 1.44 bits per heavy atom. The molecular formula is C13H14BrFO. The number of benzene rings is 1. The first-order valence-corrected chi connectivity index (χ1v) is 6.43. The number of hydrogen-bond donors (Lipinski definition) is 0. The van der Waals surface area contributed by atoms with E-state index < -0.39 is 0 Å². The summed E-state index contributed by atoms with van der Waals surface area (Å²) < 4.78 is 13.5. The van der Waals surface area contributed by atoms with E-state index in [1.54, 1.807) is 12.1 Å². The number of Topliss-reactive ketones (excluding diaryl/α,β-unsaturated/α-hetero) is 1. The van der Waals surface area contributed by atoms with Gasteiger partial charge in [0.2, 0.25) is 0 Å². The molecule has 0 spiro atoms. The predicted molar refractivity (Wildman–Crippen MR) is 64.8 cm³/mol. The molecule has 0 unspecified atom stereocenters. The van der Waals surface area contributed by atoms with E-state index in [1.165, 1.54) is 6.07 Å². The number of halogens is 2. The lowest BCUT2D eigenvalue weighted by Gasteiger charge is -2.02. The summed E-state index contributed by atoms with van der Waals surface area (Å²) in [5, 5.41) is 0. The highest BCUT2D eigenvalue weighted by molar-refractivity contribution is 9.10. The molecule has 0 atom stereocenters. The van der Waals surface area contributed by atoms with Crippen molar-refractivity contribution in [2.24, 2.45) is 5.92 Å². The molecule has 0 saturated heterocycles. The maximum atomic E-state index is 13.0. The van der Waals surface area contributed by atoms with Gasteiger partial charge in [-0.05, 0) is 59.3 Å². The van der Waals surface area contributed by atoms with Crippen LogP contribution in [-0.2, 0) is 11.2 Å². The second-order valence-electron chi connectivity index (χ2n) is 4.34. The second kappa shape index (κ2) is 5.09. The van der Waals surface area contributed by atoms with E-state index in [0.29, 0.717) is 22.6 Å². The second-order valence-corrected chi connectivity index (χ2v) is 5.20. The number of hydrogen-bond acceptors (Lipinski definition) is 1. The molecule has 0 aliphatic heterocycles. The molecule has 0 aromatic heterocycles. The van der Waals surface area contributed by atoms with Crippen LogP contribution in [0.1, 0.15) is 31.2 Å². The molecule has 1 aromatic rings. The molecule has 0 heterocycles. The maximum absolute atomic E-state index is 13.0. The summed E-state index contributed by atoms with van der Waals surface area (Å²) >= 11 is 3.16. The predicted octanol–water partition coefficient (Wildman–Crippen LogP) is 3.89. The van der Waals surface area contributed by atoms with Crippen LogP contribution in [0.15, 0.2) is 22.7 Å². The quantitative estimate of drug-likeness (QED) is 0.802. The molecule has 1 nitrogen and oxygen atoms in total. The van der Waals surface area contributed by atoms with Crippen LogP contribution in [0.5, 0.6) is 0 Å². The van der Waals surface area contributed by atoms with Gasteiger partial charge < -0.3 is 0 Å². The summed E-state index contributed by atoms with van der Waals surface area (Å²) in [6, 6.07) is 5.03. The van der Waals surface area contributed by atoms with Gasteiger partial charge in [-0.15, -0.1) is 0 Å². The fourth-order valence-corrected chi connectivity index (χ4v) is 2.20. The summed E-state index contributed by atoms with van der Waals surface area (Å²) in [6.45, 7) is 0. The van der Waals surface area contributed by atoms with E-state index in [2.05, 4.69) is 15.9 Å². The van der Waals surface area contributed by atoms with E-state index in [-0.39, 0.29) is 5.82 Å². The minimum absolute atomic E-state index is 0.238. The first-order valence-electron chi connectivity index (χ1n) is 5.63. The zero-order chi connectivity index (χ0) is 11.5. The molecule has 1 aliphatic rings. The lowest BCUT2D eigenvalue weighted by molar-refractivity contribution is -0.120. The third-order valence-corrected chi connectivity index (χ3v) is 3.51. The average Bonchev–Trinajstić information content (AvgIpc) is 3.07. The highest BCUT2D eigenvalue weighted by atomic mass is 79.9. The fourth-order valence-electron chi connectivity index (χ4n) is 1.77. The van der Waals surface area contributed by atoms with Gasteiger partial charge in [-0.25, -0.2) is 4.39 Å². The SMILES string of the molecule is O=C(CCCc1ccc(F)c(Br)c1)C1CC1. The Hall–Kier alpha value is -0.700. The number of carbonyl (C=O) groups excluding carboxylic acids is 1. The first kappa shape index (κ1) is 11.8. The van der Waals surface area contributed by atoms with Gasteiger partial charge in [0.15, 0.2) is 0 Å². The van der Waals surface area contributed by atoms with Crippen molar-refractivity contribution in [3.8, 4) is 0 Å². The molecule has 1 saturated carbocycles. The minimum Gasteiger partial charge on any atom is -0.299 e. The lowest BCUT2D eigenvalue weighted by atomic mass is 10.0. The highest BCUT2D eigenvalue weighted by Gasteiger charge is 2.28. The maximum Gasteiger partial charge on any atom is 0.137 e. The monoisotopic (exact) mass is 284 g/mol. The van der Waals surface area contributed by atoms with Crippen LogP contribution in [0.4, 0.5) is 4.39 Å². The van der Waals surface area contributed by atoms with Gasteiger partial charge in [0.05, 0.1) is 4.47 Å². The topological polar surface area (TPSA) is 17.1 Å². The van der Waals surface area contributed by atoms with Crippen molar-refractivity contribution < 1.29 is 9.18 Å². The fraction of sp³-hybridized carbons (Fsp3) is 0.462. The Morgan fingerprint density at radius 3 is 2.81 bits per heavy atom. The number of aryl methyl sites for hydroxylation is 1. The van der Waals surface area contributed by atoms with Crippen LogP contribution in [0.25, 0.3) is 0 Å². The Labute approximate surface area is 103 Å². The molecule has 16 heavy (non-hydrogen) atoms. The van der Waals surface area contributed by atoms with Gasteiger partial charge in [-0.2, -0.15) is 0 Å². The normalized spacial score (nSPS) is 15.1. The van der Waals surface area contributed by atoms with Crippen molar-refractivity contribution >= 4 is 21.7 Å². The molecule has 0 amide bonds. The Balaban J connectivity index is 1.80. The van der Waals surface area contributed by atoms with Gasteiger partial charge in [0, 0.05) is 12.3 Å². The summed E-state index contributed by atoms with van der Waals surface area (Å²) in [4.78, 5) is 11.4. The highest BCUT2D eigenvalue weighted by Crippen LogP contribution is 2.31. The van der Waals surface area contributed by atoms with E-state index >= 15 is 0 Å². The number of rotatable bonds is 5. The molecule has 2 rings (SSSR count). The van der Waals surface area contributed by atoms with Crippen molar-refractivity contribution in [3.05, 3.63) is 34.1 Å². The van der Waals surface area contributed by atoms with Crippen molar-refractivity contribution in [1.29, 1.82) is 0 Å². The summed E-state index contributed by atoms with van der Waals surface area (Å²) in [5.74, 6) is 0.527. The third-order valence-electron chi connectivity index (χ3n) is 2.91. The van der Waals surface area contributed by atoms with Crippen LogP contribution in [0, 0.1) is 11.7 Å². The standard InChI is InChI=1S/C13H14BrFO/c14-11-8-9(4-7-12(11)15)2-1-3-13(16)10-5-6-10/h4,7-8,10H,1-3,5-6H2. The first-order chi connectivity index (χ1) is 7.66. The summed E-state index contributed by atoms with van der Waals surface area (Å²) in [5.41, 5.74) is 1.08. The van der Waals surface area contributed by atoms with Crippen LogP contribution >= 0.6 is 15.9 Å². The number of carbonyl (C=O) groups is 1. The molecule has 1 aromatic carbocycles. The Bertz CT molecular complexity index is 399. The Kier molecular flexibility index (Phi) is 3.74. The van der Waals surface area contributed by atoms with Crippen LogP contribution < -0.4 is 0 Å². The zero-order valence-corrected chi connectivity index (χ0v) is 10.6. The van der Waals surface area contributed by atoms with Crippen molar-refractivity contribution in [1.82, 2.24) is 0 Å². The van der Waals surface area contributed by atoms with E-state index in [4.69, 9.17) is 0 Å². The van der Waals surface area contributed by atoms with Crippen molar-refractivity contribution in [3.63, 3.8) is 0 Å². The van der Waals surface area contributed by atoms with E-state index in [0.717, 1.165) is 31.2 Å². The zero-order valence-electron chi connectivity index (χ0n) is 9.01. The minimum atomic E-state index is -0.238. The molecule has 0 bridgehead atoms. The Morgan fingerprint density at radius 2 is 2.19 bits per heavy atom. The van der Waals surface area contributed by atoms with Gasteiger partial charge in [0.25, 0.3) is 0 Å². The molecule has 1 fully saturated rings. The van der Waals surface area contributed by atoms with E-state index in [1.807, 2.05) is 0 Å². The van der Waals surface area contributed by atoms with Gasteiger partial charge in [-0.1, -0.05) is 6.07 Å². The average molecular weight is 285 g/mol. The molecule has 1 aliphatic carbocycles. The van der Waals surface area contributed by atoms with Crippen LogP contribution in [0.3, 0.4) is 0 Å². The third kappa shape index (κ3) is 3.14. The van der Waals surface area contributed by atoms with E-state index in [9.17, 15) is 9.18 Å². The molecule has 3 heteroatoms. The molecular weight excluding hydrogens is 271 g/mol. The van der Waals surface area contributed by atoms with Crippen molar-refractivity contribution in [2.45, 2.75) is 32.1 Å². The summed E-state index contributed by atoms with van der Waals surface area (Å²) in [6.07, 6.45) is 4.55. The van der Waals surface area contributed by atoms with Crippen molar-refractivity contribution in [2.75, 3.05) is 0 Å².